The summed E-state index contributed by atoms with van der Waals surface area (Å²) in [4.78, 5) is 24.5. The monoisotopic (exact) mass is 239 g/mol. The van der Waals surface area contributed by atoms with E-state index >= 15 is 0 Å². The number of β-amino-alcohol motifs (C(OH)–C–C–N with tert-alkyl or cyclic N) is 1. The van der Waals surface area contributed by atoms with Crippen molar-refractivity contribution in [2.75, 3.05) is 11.4 Å². The number of Topliss-reactive ketones (excluding diaryl/α,β-unsaturated/α-hetero) is 1. The Morgan fingerprint density at radius 2 is 2.12 bits per heavy atom. The van der Waals surface area contributed by atoms with Gasteiger partial charge in [0.15, 0.2) is 0 Å². The smallest absolute Gasteiger partial charge is 0.299 e. The number of fused-ring (bicyclic) bond motifs is 1. The summed E-state index contributed by atoms with van der Waals surface area (Å²) in [6.45, 7) is 1.62. The summed E-state index contributed by atoms with van der Waals surface area (Å²) in [7, 11) is 0. The Morgan fingerprint density at radius 1 is 1.44 bits per heavy atom. The van der Waals surface area contributed by atoms with Gasteiger partial charge >= 0.3 is 0 Å². The Labute approximate surface area is 97.4 Å². The van der Waals surface area contributed by atoms with Crippen molar-refractivity contribution in [3.63, 3.8) is 0 Å². The molecule has 1 N–H and O–H groups in total. The first-order chi connectivity index (χ1) is 7.52. The van der Waals surface area contributed by atoms with Crippen molar-refractivity contribution >= 4 is 29.0 Å². The molecule has 1 aliphatic heterocycles. The molecule has 2 rings (SSSR count). The van der Waals surface area contributed by atoms with Gasteiger partial charge < -0.3 is 10.0 Å². The number of benzene rings is 1. The molecule has 84 valence electrons. The molecule has 4 nitrogen and oxygen atoms in total. The van der Waals surface area contributed by atoms with E-state index in [1.165, 1.54) is 4.90 Å². The van der Waals surface area contributed by atoms with Gasteiger partial charge in [-0.05, 0) is 19.1 Å². The Balaban J connectivity index is 2.51. The number of aliphatic hydroxyl groups excluding tert-OH is 1. The van der Waals surface area contributed by atoms with Crippen molar-refractivity contribution in [3.05, 3.63) is 28.8 Å². The lowest BCUT2D eigenvalue weighted by atomic mass is 10.1. The average molecular weight is 240 g/mol. The molecule has 0 fully saturated rings. The van der Waals surface area contributed by atoms with Crippen LogP contribution in [0.4, 0.5) is 5.69 Å². The number of rotatable bonds is 2. The van der Waals surface area contributed by atoms with Crippen LogP contribution >= 0.6 is 11.6 Å². The average Bonchev–Trinajstić information content (AvgIpc) is 2.45. The third-order valence-electron chi connectivity index (χ3n) is 2.39. The summed E-state index contributed by atoms with van der Waals surface area (Å²) < 4.78 is 0. The van der Waals surface area contributed by atoms with E-state index in [4.69, 9.17) is 11.6 Å². The highest BCUT2D eigenvalue weighted by atomic mass is 35.5. The maximum atomic E-state index is 11.7. The van der Waals surface area contributed by atoms with E-state index in [2.05, 4.69) is 0 Å². The number of nitrogens with zero attached hydrogens (tertiary/aromatic N) is 1. The highest BCUT2D eigenvalue weighted by Crippen LogP contribution is 2.35. The van der Waals surface area contributed by atoms with Gasteiger partial charge in [-0.3, -0.25) is 9.59 Å². The second kappa shape index (κ2) is 3.88. The van der Waals surface area contributed by atoms with Crippen LogP contribution in [0.5, 0.6) is 0 Å². The molecule has 5 heteroatoms. The maximum Gasteiger partial charge on any atom is 0.299 e. The van der Waals surface area contributed by atoms with Crippen LogP contribution < -0.4 is 4.90 Å². The zero-order chi connectivity index (χ0) is 11.9. The van der Waals surface area contributed by atoms with Crippen molar-refractivity contribution in [2.24, 2.45) is 0 Å². The number of amides is 1. The van der Waals surface area contributed by atoms with E-state index in [-0.39, 0.29) is 6.54 Å². The number of carbonyl (C=O) groups is 2. The Bertz CT molecular complexity index is 470. The van der Waals surface area contributed by atoms with Gasteiger partial charge in [0.05, 0.1) is 28.9 Å². The summed E-state index contributed by atoms with van der Waals surface area (Å²) in [6, 6.07) is 4.79. The van der Waals surface area contributed by atoms with Crippen LogP contribution in [0, 0.1) is 0 Å². The minimum absolute atomic E-state index is 0.0707. The highest BCUT2D eigenvalue weighted by Gasteiger charge is 2.37. The Morgan fingerprint density at radius 3 is 2.75 bits per heavy atom. The molecule has 0 saturated heterocycles. The quantitative estimate of drug-likeness (QED) is 0.791. The van der Waals surface area contributed by atoms with Gasteiger partial charge in [0, 0.05) is 0 Å². The number of hydrogen-bond acceptors (Lipinski definition) is 3. The lowest BCUT2D eigenvalue weighted by molar-refractivity contribution is -0.114. The second-order valence-corrected chi connectivity index (χ2v) is 4.14. The zero-order valence-corrected chi connectivity index (χ0v) is 9.36. The van der Waals surface area contributed by atoms with Crippen LogP contribution in [0.3, 0.4) is 0 Å². The molecule has 1 aliphatic rings. The number of hydrogen-bond donors (Lipinski definition) is 1. The van der Waals surface area contributed by atoms with Crippen LogP contribution in [0.2, 0.25) is 5.02 Å². The molecule has 0 radical (unpaired) electrons. The fourth-order valence-electron chi connectivity index (χ4n) is 1.75. The van der Waals surface area contributed by atoms with Crippen molar-refractivity contribution < 1.29 is 14.7 Å². The van der Waals surface area contributed by atoms with E-state index in [9.17, 15) is 14.7 Å². The van der Waals surface area contributed by atoms with E-state index in [1.807, 2.05) is 0 Å². The molecule has 1 unspecified atom stereocenters. The molecular weight excluding hydrogens is 230 g/mol. The molecule has 0 aromatic heterocycles. The van der Waals surface area contributed by atoms with Crippen molar-refractivity contribution in [1.82, 2.24) is 0 Å². The summed E-state index contributed by atoms with van der Waals surface area (Å²) in [5.41, 5.74) is 0.707. The molecule has 1 amide bonds. The Kier molecular flexibility index (Phi) is 2.69. The van der Waals surface area contributed by atoms with Gasteiger partial charge in [0.25, 0.3) is 11.7 Å². The van der Waals surface area contributed by atoms with Gasteiger partial charge in [-0.1, -0.05) is 17.7 Å². The molecule has 1 atom stereocenters. The zero-order valence-electron chi connectivity index (χ0n) is 8.61. The van der Waals surface area contributed by atoms with Crippen molar-refractivity contribution in [2.45, 2.75) is 13.0 Å². The molecule has 1 heterocycles. The van der Waals surface area contributed by atoms with Gasteiger partial charge in [0.2, 0.25) is 0 Å². The molecule has 16 heavy (non-hydrogen) atoms. The molecular formula is C11H10ClNO3. The summed E-state index contributed by atoms with van der Waals surface area (Å²) >= 11 is 5.95. The SMILES string of the molecule is CC(O)CN1C(=O)C(=O)c2cccc(Cl)c21. The Hall–Kier alpha value is -1.39. The molecule has 0 saturated carbocycles. The molecule has 0 spiro atoms. The topological polar surface area (TPSA) is 57.6 Å². The standard InChI is InChI=1S/C11H10ClNO3/c1-6(14)5-13-9-7(10(15)11(13)16)3-2-4-8(9)12/h2-4,6,14H,5H2,1H3. The normalized spacial score (nSPS) is 16.6. The van der Waals surface area contributed by atoms with Crippen LogP contribution in [0.1, 0.15) is 17.3 Å². The first kappa shape index (κ1) is 11.1. The number of halogens is 1. The van der Waals surface area contributed by atoms with Crippen LogP contribution in [-0.4, -0.2) is 29.4 Å². The van der Waals surface area contributed by atoms with E-state index in [0.717, 1.165) is 0 Å². The molecule has 0 aliphatic carbocycles. The molecule has 0 bridgehead atoms. The van der Waals surface area contributed by atoms with Gasteiger partial charge in [0.1, 0.15) is 0 Å². The summed E-state index contributed by atoms with van der Waals surface area (Å²) in [6.07, 6.45) is -0.709. The van der Waals surface area contributed by atoms with Crippen molar-refractivity contribution in [1.29, 1.82) is 0 Å². The number of aliphatic hydroxyl groups is 1. The lowest BCUT2D eigenvalue weighted by Crippen LogP contribution is -2.35. The fourth-order valence-corrected chi connectivity index (χ4v) is 2.03. The summed E-state index contributed by atoms with van der Waals surface area (Å²) in [5, 5.41) is 9.63. The van der Waals surface area contributed by atoms with Gasteiger partial charge in [-0.15, -0.1) is 0 Å². The minimum Gasteiger partial charge on any atom is -0.392 e. The number of anilines is 1. The predicted octanol–water partition coefficient (Wildman–Crippen LogP) is 1.25. The largest absolute Gasteiger partial charge is 0.392 e. The first-order valence-corrected chi connectivity index (χ1v) is 5.23. The number of carbonyl (C=O) groups excluding carboxylic acids is 2. The maximum absolute atomic E-state index is 11.7. The third-order valence-corrected chi connectivity index (χ3v) is 2.69. The van der Waals surface area contributed by atoms with Crippen LogP contribution in [-0.2, 0) is 4.79 Å². The van der Waals surface area contributed by atoms with Gasteiger partial charge in [-0.2, -0.15) is 0 Å². The van der Waals surface area contributed by atoms with E-state index in [0.29, 0.717) is 16.3 Å². The third kappa shape index (κ3) is 1.60. The van der Waals surface area contributed by atoms with Crippen LogP contribution in [0.15, 0.2) is 18.2 Å². The van der Waals surface area contributed by atoms with Gasteiger partial charge in [-0.25, -0.2) is 0 Å². The second-order valence-electron chi connectivity index (χ2n) is 3.73. The number of para-hydroxylation sites is 1. The van der Waals surface area contributed by atoms with E-state index < -0.39 is 17.8 Å². The minimum atomic E-state index is -0.709. The predicted molar refractivity (Wildman–Crippen MR) is 59.8 cm³/mol. The first-order valence-electron chi connectivity index (χ1n) is 4.85. The van der Waals surface area contributed by atoms with E-state index in [1.54, 1.807) is 25.1 Å². The van der Waals surface area contributed by atoms with Crippen molar-refractivity contribution in [3.8, 4) is 0 Å². The highest BCUT2D eigenvalue weighted by molar-refractivity contribution is 6.54. The fraction of sp³-hybridized carbons (Fsp3) is 0.273. The van der Waals surface area contributed by atoms with Crippen LogP contribution in [0.25, 0.3) is 0 Å². The molecule has 1 aromatic rings. The molecule has 1 aromatic carbocycles. The lowest BCUT2D eigenvalue weighted by Gasteiger charge is -2.18. The summed E-state index contributed by atoms with van der Waals surface area (Å²) in [5.74, 6) is -1.21. The number of ketones is 1.